The van der Waals surface area contributed by atoms with E-state index in [1.807, 2.05) is 30.3 Å². The topological polar surface area (TPSA) is 17.1 Å². The monoisotopic (exact) mass is 314 g/mol. The van der Waals surface area contributed by atoms with E-state index in [0.717, 1.165) is 22.0 Å². The van der Waals surface area contributed by atoms with E-state index in [1.54, 1.807) is 0 Å². The maximum atomic E-state index is 12.0. The summed E-state index contributed by atoms with van der Waals surface area (Å²) in [6.45, 7) is 4.19. The third-order valence-electron chi connectivity index (χ3n) is 2.40. The third kappa shape index (κ3) is 3.16. The predicted molar refractivity (Wildman–Crippen MR) is 72.4 cm³/mol. The molecule has 0 fully saturated rings. The normalized spacial score (nSPS) is 9.80. The third-order valence-corrected chi connectivity index (χ3v) is 3.65. The first-order valence-corrected chi connectivity index (χ1v) is 6.25. The minimum absolute atomic E-state index is 0.148. The standard InChI is InChI=1S/C13H15IO/c1-3-10(4-2)12(14)13(15)11-8-6-5-7-9-11/h5-9H,3-4H2,1-2H3. The predicted octanol–water partition coefficient (Wildman–Crippen LogP) is 4.38. The molecule has 80 valence electrons. The van der Waals surface area contributed by atoms with Gasteiger partial charge in [-0.2, -0.15) is 0 Å². The van der Waals surface area contributed by atoms with Crippen molar-refractivity contribution in [3.8, 4) is 0 Å². The molecule has 0 bridgehead atoms. The molecule has 0 N–H and O–H groups in total. The van der Waals surface area contributed by atoms with Crippen LogP contribution >= 0.6 is 22.6 Å². The van der Waals surface area contributed by atoms with Gasteiger partial charge in [0.25, 0.3) is 0 Å². The molecule has 0 radical (unpaired) electrons. The molecular weight excluding hydrogens is 299 g/mol. The zero-order chi connectivity index (χ0) is 11.3. The highest BCUT2D eigenvalue weighted by atomic mass is 127. The van der Waals surface area contributed by atoms with Gasteiger partial charge in [-0.25, -0.2) is 0 Å². The van der Waals surface area contributed by atoms with Crippen LogP contribution in [0.1, 0.15) is 37.0 Å². The van der Waals surface area contributed by atoms with Crippen LogP contribution < -0.4 is 0 Å². The van der Waals surface area contributed by atoms with E-state index >= 15 is 0 Å². The first kappa shape index (κ1) is 12.4. The van der Waals surface area contributed by atoms with Crippen LogP contribution in [-0.4, -0.2) is 5.78 Å². The average molecular weight is 314 g/mol. The Bertz CT molecular complexity index is 359. The molecule has 0 aromatic heterocycles. The van der Waals surface area contributed by atoms with Gasteiger partial charge in [-0.1, -0.05) is 49.8 Å². The van der Waals surface area contributed by atoms with Gasteiger partial charge in [-0.05, 0) is 35.4 Å². The maximum absolute atomic E-state index is 12.0. The van der Waals surface area contributed by atoms with Crippen molar-refractivity contribution in [3.63, 3.8) is 0 Å². The average Bonchev–Trinajstić information content (AvgIpc) is 2.30. The minimum Gasteiger partial charge on any atom is -0.288 e. The molecule has 0 aliphatic carbocycles. The number of halogens is 1. The van der Waals surface area contributed by atoms with Crippen LogP contribution in [0.3, 0.4) is 0 Å². The van der Waals surface area contributed by atoms with Crippen molar-refractivity contribution in [2.45, 2.75) is 26.7 Å². The van der Waals surface area contributed by atoms with Gasteiger partial charge in [0.05, 0.1) is 3.58 Å². The van der Waals surface area contributed by atoms with Crippen molar-refractivity contribution < 1.29 is 4.79 Å². The van der Waals surface area contributed by atoms with E-state index in [2.05, 4.69) is 36.4 Å². The molecule has 0 aliphatic rings. The summed E-state index contributed by atoms with van der Waals surface area (Å²) in [7, 11) is 0. The summed E-state index contributed by atoms with van der Waals surface area (Å²) in [5.74, 6) is 0.148. The minimum atomic E-state index is 0.148. The first-order valence-electron chi connectivity index (χ1n) is 5.18. The smallest absolute Gasteiger partial charge is 0.199 e. The summed E-state index contributed by atoms with van der Waals surface area (Å²) in [4.78, 5) is 12.0. The highest BCUT2D eigenvalue weighted by Gasteiger charge is 2.11. The van der Waals surface area contributed by atoms with Gasteiger partial charge in [0.1, 0.15) is 0 Å². The number of ketones is 1. The number of Topliss-reactive ketones (excluding diaryl/α,β-unsaturated/α-hetero) is 1. The SMILES string of the molecule is CCC(CC)=C(I)C(=O)c1ccccc1. The Balaban J connectivity index is 3.00. The molecule has 1 aromatic rings. The van der Waals surface area contributed by atoms with E-state index in [1.165, 1.54) is 5.57 Å². The van der Waals surface area contributed by atoms with Crippen LogP contribution in [0.2, 0.25) is 0 Å². The highest BCUT2D eigenvalue weighted by Crippen LogP contribution is 2.22. The second kappa shape index (κ2) is 6.05. The molecule has 1 nitrogen and oxygen atoms in total. The van der Waals surface area contributed by atoms with Crippen molar-refractivity contribution >= 4 is 28.4 Å². The molecule has 2 heteroatoms. The number of hydrogen-bond acceptors (Lipinski definition) is 1. The van der Waals surface area contributed by atoms with Crippen molar-refractivity contribution in [1.82, 2.24) is 0 Å². The second-order valence-corrected chi connectivity index (χ2v) is 4.40. The summed E-state index contributed by atoms with van der Waals surface area (Å²) in [6, 6.07) is 9.45. The van der Waals surface area contributed by atoms with E-state index in [9.17, 15) is 4.79 Å². The van der Waals surface area contributed by atoms with Gasteiger partial charge < -0.3 is 0 Å². The zero-order valence-electron chi connectivity index (χ0n) is 9.09. The summed E-state index contributed by atoms with van der Waals surface area (Å²) in [5, 5.41) is 0. The van der Waals surface area contributed by atoms with Gasteiger partial charge in [0.2, 0.25) is 0 Å². The Kier molecular flexibility index (Phi) is 5.02. The molecule has 1 rings (SSSR count). The van der Waals surface area contributed by atoms with Crippen LogP contribution in [0.5, 0.6) is 0 Å². The fourth-order valence-electron chi connectivity index (χ4n) is 1.44. The van der Waals surface area contributed by atoms with Crippen molar-refractivity contribution in [3.05, 3.63) is 45.0 Å². The van der Waals surface area contributed by atoms with Gasteiger partial charge >= 0.3 is 0 Å². The number of rotatable bonds is 4. The Hall–Kier alpha value is -0.640. The van der Waals surface area contributed by atoms with Crippen molar-refractivity contribution in [2.75, 3.05) is 0 Å². The van der Waals surface area contributed by atoms with E-state index in [0.29, 0.717) is 0 Å². The molecule has 0 unspecified atom stereocenters. The molecule has 1 aromatic carbocycles. The zero-order valence-corrected chi connectivity index (χ0v) is 11.2. The van der Waals surface area contributed by atoms with Gasteiger partial charge in [-0.3, -0.25) is 4.79 Å². The number of carbonyl (C=O) groups is 1. The number of allylic oxidation sites excluding steroid dienone is 2. The van der Waals surface area contributed by atoms with Crippen molar-refractivity contribution in [2.24, 2.45) is 0 Å². The molecule has 15 heavy (non-hydrogen) atoms. The number of hydrogen-bond donors (Lipinski definition) is 0. The van der Waals surface area contributed by atoms with E-state index < -0.39 is 0 Å². The lowest BCUT2D eigenvalue weighted by Gasteiger charge is -2.05. The molecule has 0 spiro atoms. The quantitative estimate of drug-likeness (QED) is 0.458. The number of carbonyl (C=O) groups excluding carboxylic acids is 1. The molecule has 0 aliphatic heterocycles. The molecular formula is C13H15IO. The summed E-state index contributed by atoms with van der Waals surface area (Å²) in [6.07, 6.45) is 1.90. The van der Waals surface area contributed by atoms with Crippen molar-refractivity contribution in [1.29, 1.82) is 0 Å². The lowest BCUT2D eigenvalue weighted by atomic mass is 10.1. The molecule has 0 saturated heterocycles. The Morgan fingerprint density at radius 3 is 2.13 bits per heavy atom. The number of benzene rings is 1. The Morgan fingerprint density at radius 2 is 1.67 bits per heavy atom. The van der Waals surface area contributed by atoms with Crippen LogP contribution in [0, 0.1) is 0 Å². The van der Waals surface area contributed by atoms with Gasteiger partial charge in [-0.15, -0.1) is 0 Å². The van der Waals surface area contributed by atoms with Gasteiger partial charge in [0.15, 0.2) is 5.78 Å². The van der Waals surface area contributed by atoms with Gasteiger partial charge in [0, 0.05) is 5.56 Å². The fraction of sp³-hybridized carbons (Fsp3) is 0.308. The van der Waals surface area contributed by atoms with Crippen LogP contribution in [0.25, 0.3) is 0 Å². The van der Waals surface area contributed by atoms with Crippen LogP contribution in [-0.2, 0) is 0 Å². The molecule has 0 atom stereocenters. The lowest BCUT2D eigenvalue weighted by molar-refractivity contribution is 0.104. The van der Waals surface area contributed by atoms with Crippen LogP contribution in [0.4, 0.5) is 0 Å². The lowest BCUT2D eigenvalue weighted by Crippen LogP contribution is -2.01. The Labute approximate surface area is 105 Å². The molecule has 0 heterocycles. The summed E-state index contributed by atoms with van der Waals surface area (Å²) >= 11 is 2.16. The van der Waals surface area contributed by atoms with E-state index in [4.69, 9.17) is 0 Å². The first-order chi connectivity index (χ1) is 7.20. The second-order valence-electron chi connectivity index (χ2n) is 3.32. The van der Waals surface area contributed by atoms with E-state index in [-0.39, 0.29) is 5.78 Å². The summed E-state index contributed by atoms with van der Waals surface area (Å²) in [5.41, 5.74) is 2.02. The molecule has 0 amide bonds. The highest BCUT2D eigenvalue weighted by molar-refractivity contribution is 14.1. The summed E-state index contributed by atoms with van der Waals surface area (Å²) < 4.78 is 0.879. The Morgan fingerprint density at radius 1 is 1.13 bits per heavy atom. The largest absolute Gasteiger partial charge is 0.288 e. The molecule has 0 saturated carbocycles. The fourth-order valence-corrected chi connectivity index (χ4v) is 2.51. The van der Waals surface area contributed by atoms with Crippen LogP contribution in [0.15, 0.2) is 39.5 Å². The maximum Gasteiger partial charge on any atom is 0.199 e.